The van der Waals surface area contributed by atoms with Crippen LogP contribution in [-0.4, -0.2) is 4.98 Å². The Morgan fingerprint density at radius 2 is 2.21 bits per heavy atom. The van der Waals surface area contributed by atoms with Crippen molar-refractivity contribution in [1.29, 1.82) is 0 Å². The summed E-state index contributed by atoms with van der Waals surface area (Å²) in [5.74, 6) is 0. The van der Waals surface area contributed by atoms with Crippen LogP contribution < -0.4 is 5.32 Å². The lowest BCUT2D eigenvalue weighted by Crippen LogP contribution is -2.21. The number of nitrogens with zero attached hydrogens (tertiary/aromatic N) is 1. The van der Waals surface area contributed by atoms with E-state index in [1.54, 1.807) is 11.3 Å². The van der Waals surface area contributed by atoms with Gasteiger partial charge < -0.3 is 5.32 Å². The highest BCUT2D eigenvalue weighted by Gasteiger charge is 2.17. The van der Waals surface area contributed by atoms with Crippen LogP contribution in [0.3, 0.4) is 0 Å². The summed E-state index contributed by atoms with van der Waals surface area (Å²) < 4.78 is 0. The van der Waals surface area contributed by atoms with Gasteiger partial charge in [-0.25, -0.2) is 4.98 Å². The number of benzene rings is 1. The topological polar surface area (TPSA) is 24.9 Å². The average molecular weight is 272 g/mol. The highest BCUT2D eigenvalue weighted by molar-refractivity contribution is 7.09. The molecule has 1 unspecified atom stereocenters. The van der Waals surface area contributed by atoms with E-state index >= 15 is 0 Å². The Balaban J connectivity index is 1.73. The molecule has 0 saturated carbocycles. The van der Waals surface area contributed by atoms with Gasteiger partial charge >= 0.3 is 0 Å². The van der Waals surface area contributed by atoms with Crippen molar-refractivity contribution in [3.8, 4) is 0 Å². The second-order valence-electron chi connectivity index (χ2n) is 5.24. The van der Waals surface area contributed by atoms with E-state index in [0.717, 1.165) is 11.6 Å². The molecular weight excluding hydrogens is 252 g/mol. The SMILES string of the molecule is Cc1nc(CNC2CCCCc3ccccc32)cs1. The van der Waals surface area contributed by atoms with Gasteiger partial charge in [-0.15, -0.1) is 11.3 Å². The van der Waals surface area contributed by atoms with Crippen molar-refractivity contribution in [3.05, 3.63) is 51.5 Å². The van der Waals surface area contributed by atoms with Crippen LogP contribution in [0.1, 0.15) is 47.1 Å². The van der Waals surface area contributed by atoms with E-state index in [-0.39, 0.29) is 0 Å². The molecule has 0 bridgehead atoms. The lowest BCUT2D eigenvalue weighted by molar-refractivity contribution is 0.486. The Kier molecular flexibility index (Phi) is 3.95. The monoisotopic (exact) mass is 272 g/mol. The van der Waals surface area contributed by atoms with Crippen molar-refractivity contribution in [2.75, 3.05) is 0 Å². The molecule has 1 N–H and O–H groups in total. The molecule has 1 aromatic heterocycles. The van der Waals surface area contributed by atoms with Crippen molar-refractivity contribution < 1.29 is 0 Å². The minimum Gasteiger partial charge on any atom is -0.304 e. The predicted molar refractivity (Wildman–Crippen MR) is 80.4 cm³/mol. The zero-order chi connectivity index (χ0) is 13.1. The Labute approximate surface area is 118 Å². The Morgan fingerprint density at radius 3 is 3.05 bits per heavy atom. The van der Waals surface area contributed by atoms with Gasteiger partial charge in [-0.2, -0.15) is 0 Å². The molecule has 3 heteroatoms. The molecule has 0 fully saturated rings. The summed E-state index contributed by atoms with van der Waals surface area (Å²) in [6, 6.07) is 9.37. The molecule has 3 rings (SSSR count). The molecule has 1 heterocycles. The number of hydrogen-bond donors (Lipinski definition) is 1. The first-order valence-electron chi connectivity index (χ1n) is 7.05. The van der Waals surface area contributed by atoms with Crippen molar-refractivity contribution >= 4 is 11.3 Å². The summed E-state index contributed by atoms with van der Waals surface area (Å²) in [6.45, 7) is 2.94. The van der Waals surface area contributed by atoms with Gasteiger partial charge in [0, 0.05) is 18.0 Å². The number of nitrogens with one attached hydrogen (secondary N) is 1. The third kappa shape index (κ3) is 3.04. The Morgan fingerprint density at radius 1 is 1.32 bits per heavy atom. The summed E-state index contributed by atoms with van der Waals surface area (Å²) in [6.07, 6.45) is 5.08. The number of aryl methyl sites for hydroxylation is 2. The average Bonchev–Trinajstić information content (AvgIpc) is 2.73. The maximum Gasteiger partial charge on any atom is 0.0897 e. The molecule has 0 aliphatic heterocycles. The predicted octanol–water partition coefficient (Wildman–Crippen LogP) is 4.01. The van der Waals surface area contributed by atoms with Gasteiger partial charge in [0.1, 0.15) is 0 Å². The highest BCUT2D eigenvalue weighted by Crippen LogP contribution is 2.28. The zero-order valence-corrected chi connectivity index (χ0v) is 12.2. The van der Waals surface area contributed by atoms with Gasteiger partial charge in [-0.05, 0) is 37.3 Å². The van der Waals surface area contributed by atoms with Crippen LogP contribution in [0.4, 0.5) is 0 Å². The van der Waals surface area contributed by atoms with Crippen LogP contribution in [0.5, 0.6) is 0 Å². The van der Waals surface area contributed by atoms with Crippen LogP contribution >= 0.6 is 11.3 Å². The van der Waals surface area contributed by atoms with E-state index < -0.39 is 0 Å². The third-order valence-corrected chi connectivity index (χ3v) is 4.64. The van der Waals surface area contributed by atoms with Crippen molar-refractivity contribution in [2.24, 2.45) is 0 Å². The molecule has 1 aromatic carbocycles. The fourth-order valence-electron chi connectivity index (χ4n) is 2.85. The first-order valence-corrected chi connectivity index (χ1v) is 7.93. The Bertz CT molecular complexity index is 547. The largest absolute Gasteiger partial charge is 0.304 e. The van der Waals surface area contributed by atoms with E-state index in [9.17, 15) is 0 Å². The third-order valence-electron chi connectivity index (χ3n) is 3.82. The van der Waals surface area contributed by atoms with Crippen LogP contribution in [0, 0.1) is 6.92 Å². The molecule has 2 nitrogen and oxygen atoms in total. The smallest absolute Gasteiger partial charge is 0.0897 e. The second-order valence-corrected chi connectivity index (χ2v) is 6.30. The molecule has 19 heavy (non-hydrogen) atoms. The van der Waals surface area contributed by atoms with Crippen molar-refractivity contribution in [2.45, 2.75) is 45.2 Å². The first-order chi connectivity index (χ1) is 9.33. The number of thiazole rings is 1. The summed E-state index contributed by atoms with van der Waals surface area (Å²) in [5.41, 5.74) is 4.18. The van der Waals surface area contributed by atoms with E-state index in [1.807, 2.05) is 0 Å². The zero-order valence-electron chi connectivity index (χ0n) is 11.4. The number of rotatable bonds is 3. The van der Waals surface area contributed by atoms with E-state index in [1.165, 1.54) is 42.5 Å². The summed E-state index contributed by atoms with van der Waals surface area (Å²) >= 11 is 1.73. The number of hydrogen-bond acceptors (Lipinski definition) is 3. The van der Waals surface area contributed by atoms with Crippen molar-refractivity contribution in [1.82, 2.24) is 10.3 Å². The van der Waals surface area contributed by atoms with Crippen molar-refractivity contribution in [3.63, 3.8) is 0 Å². The van der Waals surface area contributed by atoms with E-state index in [4.69, 9.17) is 0 Å². The summed E-state index contributed by atoms with van der Waals surface area (Å²) in [4.78, 5) is 4.53. The summed E-state index contributed by atoms with van der Waals surface area (Å²) in [5, 5.41) is 7.00. The lowest BCUT2D eigenvalue weighted by Gasteiger charge is -2.18. The lowest BCUT2D eigenvalue weighted by atomic mass is 9.99. The molecule has 0 saturated heterocycles. The maximum atomic E-state index is 4.53. The molecular formula is C16H20N2S. The first kappa shape index (κ1) is 12.8. The van der Waals surface area contributed by atoms with E-state index in [2.05, 4.69) is 46.9 Å². The molecule has 1 aliphatic rings. The quantitative estimate of drug-likeness (QED) is 0.854. The van der Waals surface area contributed by atoms with Gasteiger partial charge in [0.15, 0.2) is 0 Å². The highest BCUT2D eigenvalue weighted by atomic mass is 32.1. The second kappa shape index (κ2) is 5.85. The number of fused-ring (bicyclic) bond motifs is 1. The minimum atomic E-state index is 0.487. The van der Waals surface area contributed by atoms with Crippen LogP contribution in [0.2, 0.25) is 0 Å². The van der Waals surface area contributed by atoms with Crippen LogP contribution in [0.25, 0.3) is 0 Å². The summed E-state index contributed by atoms with van der Waals surface area (Å²) in [7, 11) is 0. The molecule has 100 valence electrons. The molecule has 2 aromatic rings. The van der Waals surface area contributed by atoms with Gasteiger partial charge in [-0.1, -0.05) is 30.7 Å². The van der Waals surface area contributed by atoms with Gasteiger partial charge in [0.05, 0.1) is 10.7 Å². The molecule has 1 aliphatic carbocycles. The number of aromatic nitrogens is 1. The fraction of sp³-hybridized carbons (Fsp3) is 0.438. The Hall–Kier alpha value is -1.19. The minimum absolute atomic E-state index is 0.487. The molecule has 0 spiro atoms. The maximum absolute atomic E-state index is 4.53. The standard InChI is InChI=1S/C16H20N2S/c1-12-18-14(11-19-12)10-17-16-9-5-3-7-13-6-2-4-8-15(13)16/h2,4,6,8,11,16-17H,3,5,7,9-10H2,1H3. The van der Waals surface area contributed by atoms with Gasteiger partial charge in [-0.3, -0.25) is 0 Å². The molecule has 0 amide bonds. The van der Waals surface area contributed by atoms with Crippen LogP contribution in [0.15, 0.2) is 29.6 Å². The molecule has 1 atom stereocenters. The van der Waals surface area contributed by atoms with E-state index in [0.29, 0.717) is 6.04 Å². The van der Waals surface area contributed by atoms with Gasteiger partial charge in [0.25, 0.3) is 0 Å². The normalized spacial score (nSPS) is 18.9. The fourth-order valence-corrected chi connectivity index (χ4v) is 3.46. The molecule has 0 radical (unpaired) electrons. The van der Waals surface area contributed by atoms with Crippen LogP contribution in [-0.2, 0) is 13.0 Å². The van der Waals surface area contributed by atoms with Gasteiger partial charge in [0.2, 0.25) is 0 Å².